The molecule has 0 aliphatic carbocycles. The summed E-state index contributed by atoms with van der Waals surface area (Å²) in [6.07, 6.45) is -1.41. The van der Waals surface area contributed by atoms with Gasteiger partial charge in [-0.05, 0) is 25.0 Å². The third-order valence-electron chi connectivity index (χ3n) is 4.78. The summed E-state index contributed by atoms with van der Waals surface area (Å²) in [4.78, 5) is 25.4. The maximum atomic E-state index is 14.1. The van der Waals surface area contributed by atoms with E-state index >= 15 is 0 Å². The number of nitrogens with zero attached hydrogens (tertiary/aromatic N) is 1. The van der Waals surface area contributed by atoms with Gasteiger partial charge in [-0.3, -0.25) is 9.59 Å². The van der Waals surface area contributed by atoms with Gasteiger partial charge in [-0.2, -0.15) is 4.72 Å². The molecule has 11 heteroatoms. The Bertz CT molecular complexity index is 1260. The molecule has 1 amide bonds. The van der Waals surface area contributed by atoms with E-state index in [1.54, 1.807) is 51.1 Å². The molecule has 1 aromatic heterocycles. The van der Waals surface area contributed by atoms with Gasteiger partial charge in [0.2, 0.25) is 16.1 Å². The Hall–Kier alpha value is -3.57. The van der Waals surface area contributed by atoms with Crippen LogP contribution in [0.4, 0.5) is 10.2 Å². The molecule has 0 fully saturated rings. The summed E-state index contributed by atoms with van der Waals surface area (Å²) in [5.41, 5.74) is 0.355. The summed E-state index contributed by atoms with van der Waals surface area (Å²) in [6, 6.07) is 13.1. The molecule has 2 N–H and O–H groups in total. The number of rotatable bonds is 9. The maximum absolute atomic E-state index is 14.1. The molecule has 0 bridgehead atoms. The molecule has 2 atom stereocenters. The molecule has 0 radical (unpaired) electrons. The van der Waals surface area contributed by atoms with Crippen LogP contribution in [0.15, 0.2) is 70.1 Å². The van der Waals surface area contributed by atoms with Crippen LogP contribution >= 0.6 is 0 Å². The zero-order valence-corrected chi connectivity index (χ0v) is 19.5. The Morgan fingerprint density at radius 1 is 1.06 bits per heavy atom. The van der Waals surface area contributed by atoms with Crippen molar-refractivity contribution in [3.63, 3.8) is 0 Å². The Morgan fingerprint density at radius 3 is 2.29 bits per heavy atom. The van der Waals surface area contributed by atoms with Gasteiger partial charge < -0.3 is 14.6 Å². The second kappa shape index (κ2) is 10.6. The molecule has 0 aliphatic heterocycles. The third kappa shape index (κ3) is 6.06. The van der Waals surface area contributed by atoms with Crippen LogP contribution < -0.4 is 10.0 Å². The first kappa shape index (κ1) is 25.1. The summed E-state index contributed by atoms with van der Waals surface area (Å²) < 4.78 is 52.2. The quantitative estimate of drug-likeness (QED) is 0.441. The molecule has 34 heavy (non-hydrogen) atoms. The lowest BCUT2D eigenvalue weighted by Gasteiger charge is -2.24. The highest BCUT2D eigenvalue weighted by Gasteiger charge is 2.34. The van der Waals surface area contributed by atoms with Crippen molar-refractivity contribution in [2.24, 2.45) is 5.92 Å². The lowest BCUT2D eigenvalue weighted by molar-refractivity contribution is -0.157. The van der Waals surface area contributed by atoms with Gasteiger partial charge >= 0.3 is 5.97 Å². The molecule has 180 valence electrons. The average Bonchev–Trinajstić information content (AvgIpc) is 3.20. The Kier molecular flexibility index (Phi) is 7.79. The zero-order valence-electron chi connectivity index (χ0n) is 18.7. The summed E-state index contributed by atoms with van der Waals surface area (Å²) in [6.45, 7) is 4.82. The molecule has 0 aliphatic rings. The van der Waals surface area contributed by atoms with E-state index in [0.29, 0.717) is 11.3 Å². The summed E-state index contributed by atoms with van der Waals surface area (Å²) >= 11 is 0. The van der Waals surface area contributed by atoms with E-state index in [4.69, 9.17) is 9.26 Å². The number of hydrogen-bond acceptors (Lipinski definition) is 7. The van der Waals surface area contributed by atoms with Crippen LogP contribution in [0.5, 0.6) is 0 Å². The van der Waals surface area contributed by atoms with E-state index in [2.05, 4.69) is 15.2 Å². The molecule has 9 nitrogen and oxygen atoms in total. The van der Waals surface area contributed by atoms with Crippen molar-refractivity contribution in [2.45, 2.75) is 37.8 Å². The zero-order chi connectivity index (χ0) is 24.9. The van der Waals surface area contributed by atoms with Crippen LogP contribution in [-0.4, -0.2) is 31.5 Å². The highest BCUT2D eigenvalue weighted by Crippen LogP contribution is 2.23. The van der Waals surface area contributed by atoms with Gasteiger partial charge in [0.05, 0.1) is 0 Å². The van der Waals surface area contributed by atoms with Gasteiger partial charge in [-0.1, -0.05) is 61.5 Å². The topological polar surface area (TPSA) is 128 Å². The van der Waals surface area contributed by atoms with Crippen LogP contribution in [-0.2, 0) is 24.3 Å². The van der Waals surface area contributed by atoms with Gasteiger partial charge in [0.25, 0.3) is 5.91 Å². The summed E-state index contributed by atoms with van der Waals surface area (Å²) in [7, 11) is -4.40. The number of carbonyl (C=O) groups excluding carboxylic acids is 2. The van der Waals surface area contributed by atoms with Crippen molar-refractivity contribution >= 4 is 27.7 Å². The molecule has 3 aromatic rings. The Morgan fingerprint density at radius 2 is 1.71 bits per heavy atom. The SMILES string of the molecule is Cc1cc(NC(=O)C(OC(=O)[C@@H](NS(=O)(=O)c2ccccc2F)C(C)C)c2ccccc2)no1. The second-order valence-corrected chi connectivity index (χ2v) is 9.50. The fourth-order valence-corrected chi connectivity index (χ4v) is 4.47. The highest BCUT2D eigenvalue weighted by atomic mass is 32.2. The molecular weight excluding hydrogens is 465 g/mol. The van der Waals surface area contributed by atoms with Crippen LogP contribution in [0.2, 0.25) is 0 Å². The fourth-order valence-electron chi connectivity index (χ4n) is 3.06. The molecule has 1 heterocycles. The number of hydrogen-bond donors (Lipinski definition) is 2. The van der Waals surface area contributed by atoms with E-state index in [0.717, 1.165) is 12.1 Å². The monoisotopic (exact) mass is 489 g/mol. The first-order valence-electron chi connectivity index (χ1n) is 10.3. The van der Waals surface area contributed by atoms with E-state index in [1.807, 2.05) is 0 Å². The van der Waals surface area contributed by atoms with Crippen molar-refractivity contribution in [2.75, 3.05) is 5.32 Å². The first-order chi connectivity index (χ1) is 16.1. The second-order valence-electron chi connectivity index (χ2n) is 7.81. The van der Waals surface area contributed by atoms with Crippen LogP contribution in [0.25, 0.3) is 0 Å². The van der Waals surface area contributed by atoms with Crippen molar-refractivity contribution < 1.29 is 31.7 Å². The molecule has 1 unspecified atom stereocenters. The minimum atomic E-state index is -4.40. The normalized spacial score (nSPS) is 13.3. The Labute approximate surface area is 196 Å². The molecule has 0 saturated carbocycles. The van der Waals surface area contributed by atoms with E-state index in [9.17, 15) is 22.4 Å². The predicted molar refractivity (Wildman–Crippen MR) is 120 cm³/mol. The molecule has 0 spiro atoms. The smallest absolute Gasteiger partial charge is 0.325 e. The minimum Gasteiger partial charge on any atom is -0.446 e. The number of benzene rings is 2. The number of ether oxygens (including phenoxy) is 1. The summed E-state index contributed by atoms with van der Waals surface area (Å²) in [5.74, 6) is -2.67. The lowest BCUT2D eigenvalue weighted by atomic mass is 10.1. The first-order valence-corrected chi connectivity index (χ1v) is 11.8. The standard InChI is InChI=1S/C23H24FN3O6S/c1-14(2)20(27-34(30,31)18-12-8-7-11-17(18)24)23(29)32-21(16-9-5-4-6-10-16)22(28)25-19-13-15(3)33-26-19/h4-14,20-21,27H,1-3H3,(H,25,26,28)/t20-,21?/m0/s1. The van der Waals surface area contributed by atoms with Crippen molar-refractivity contribution in [3.8, 4) is 0 Å². The van der Waals surface area contributed by atoms with Gasteiger partial charge in [0.1, 0.15) is 22.5 Å². The number of aryl methyl sites for hydroxylation is 1. The summed E-state index contributed by atoms with van der Waals surface area (Å²) in [5, 5.41) is 6.20. The van der Waals surface area contributed by atoms with Gasteiger partial charge in [-0.15, -0.1) is 0 Å². The molecular formula is C23H24FN3O6S. The predicted octanol–water partition coefficient (Wildman–Crippen LogP) is 3.35. The number of amides is 1. The van der Waals surface area contributed by atoms with Crippen molar-refractivity contribution in [3.05, 3.63) is 77.8 Å². The third-order valence-corrected chi connectivity index (χ3v) is 6.26. The molecule has 0 saturated heterocycles. The van der Waals surface area contributed by atoms with E-state index < -0.39 is 50.7 Å². The number of anilines is 1. The number of aromatic nitrogens is 1. The number of esters is 1. The Balaban J connectivity index is 1.85. The fraction of sp³-hybridized carbons (Fsp3) is 0.261. The molecule has 3 rings (SSSR count). The number of halogens is 1. The van der Waals surface area contributed by atoms with Crippen LogP contribution in [0.1, 0.15) is 31.3 Å². The average molecular weight is 490 g/mol. The van der Waals surface area contributed by atoms with Crippen LogP contribution in [0.3, 0.4) is 0 Å². The molecule has 2 aromatic carbocycles. The lowest BCUT2D eigenvalue weighted by Crippen LogP contribution is -2.46. The number of sulfonamides is 1. The van der Waals surface area contributed by atoms with Gasteiger partial charge in [-0.25, -0.2) is 12.8 Å². The van der Waals surface area contributed by atoms with Crippen LogP contribution in [0, 0.1) is 18.7 Å². The van der Waals surface area contributed by atoms with Crippen molar-refractivity contribution in [1.82, 2.24) is 9.88 Å². The number of carbonyl (C=O) groups is 2. The van der Waals surface area contributed by atoms with Gasteiger partial charge in [0.15, 0.2) is 5.82 Å². The van der Waals surface area contributed by atoms with E-state index in [-0.39, 0.29) is 5.82 Å². The van der Waals surface area contributed by atoms with E-state index in [1.165, 1.54) is 18.2 Å². The number of nitrogens with one attached hydrogen (secondary N) is 2. The largest absolute Gasteiger partial charge is 0.446 e. The minimum absolute atomic E-state index is 0.125. The highest BCUT2D eigenvalue weighted by molar-refractivity contribution is 7.89. The van der Waals surface area contributed by atoms with Gasteiger partial charge in [0, 0.05) is 11.6 Å². The van der Waals surface area contributed by atoms with Crippen molar-refractivity contribution in [1.29, 1.82) is 0 Å². The maximum Gasteiger partial charge on any atom is 0.325 e.